The van der Waals surface area contributed by atoms with Crippen LogP contribution in [0.5, 0.6) is 0 Å². The fourth-order valence-electron chi connectivity index (χ4n) is 2.24. The smallest absolute Gasteiger partial charge is 0.270 e. The molecule has 0 amide bonds. The van der Waals surface area contributed by atoms with E-state index in [0.717, 1.165) is 0 Å². The van der Waals surface area contributed by atoms with Gasteiger partial charge in [-0.25, -0.2) is 4.39 Å². The minimum absolute atomic E-state index is 0.0301. The molecule has 0 aliphatic rings. The van der Waals surface area contributed by atoms with E-state index in [-0.39, 0.29) is 11.5 Å². The molecule has 1 aromatic heterocycles. The highest BCUT2D eigenvalue weighted by Gasteiger charge is 2.10. The van der Waals surface area contributed by atoms with Crippen LogP contribution in [-0.4, -0.2) is 10.7 Å². The largest absolute Gasteiger partial charge is 0.457 e. The van der Waals surface area contributed by atoms with E-state index < -0.39 is 10.7 Å². The van der Waals surface area contributed by atoms with Crippen molar-refractivity contribution < 1.29 is 18.5 Å². The predicted octanol–water partition coefficient (Wildman–Crippen LogP) is 4.89. The first kappa shape index (κ1) is 16.3. The Morgan fingerprint density at radius 1 is 1.08 bits per heavy atom. The third kappa shape index (κ3) is 3.87. The summed E-state index contributed by atoms with van der Waals surface area (Å²) in [5.41, 5.74) is 0.902. The number of hydrogen-bond donors (Lipinski definition) is 0. The van der Waals surface area contributed by atoms with Gasteiger partial charge in [0.25, 0.3) is 5.69 Å². The molecule has 0 fully saturated rings. The van der Waals surface area contributed by atoms with Gasteiger partial charge < -0.3 is 4.42 Å². The maximum absolute atomic E-state index is 12.9. The molecule has 0 aliphatic heterocycles. The Hall–Kier alpha value is -3.54. The monoisotopic (exact) mass is 337 g/mol. The summed E-state index contributed by atoms with van der Waals surface area (Å²) >= 11 is 0. The van der Waals surface area contributed by atoms with Crippen molar-refractivity contribution in [3.8, 4) is 11.3 Å². The quantitative estimate of drug-likeness (QED) is 0.287. The van der Waals surface area contributed by atoms with Crippen molar-refractivity contribution in [1.82, 2.24) is 0 Å². The number of nitrogens with zero attached hydrogens (tertiary/aromatic N) is 1. The molecule has 3 rings (SSSR count). The minimum atomic E-state index is -0.478. The van der Waals surface area contributed by atoms with Crippen molar-refractivity contribution in [3.63, 3.8) is 0 Å². The zero-order valence-corrected chi connectivity index (χ0v) is 12.9. The average molecular weight is 337 g/mol. The topological polar surface area (TPSA) is 73.3 Å². The summed E-state index contributed by atoms with van der Waals surface area (Å²) < 4.78 is 18.4. The van der Waals surface area contributed by atoms with Crippen LogP contribution in [0.3, 0.4) is 0 Å². The molecular weight excluding hydrogens is 325 g/mol. The van der Waals surface area contributed by atoms with Crippen molar-refractivity contribution >= 4 is 17.5 Å². The molecule has 5 nitrogen and oxygen atoms in total. The Kier molecular flexibility index (Phi) is 4.52. The normalized spacial score (nSPS) is 10.9. The molecule has 1 heterocycles. The van der Waals surface area contributed by atoms with Crippen molar-refractivity contribution in [2.75, 3.05) is 0 Å². The van der Waals surface area contributed by atoms with Crippen LogP contribution in [-0.2, 0) is 0 Å². The molecule has 3 aromatic rings. The third-order valence-corrected chi connectivity index (χ3v) is 3.50. The van der Waals surface area contributed by atoms with Gasteiger partial charge in [-0.15, -0.1) is 0 Å². The predicted molar refractivity (Wildman–Crippen MR) is 90.6 cm³/mol. The maximum atomic E-state index is 12.9. The molecule has 0 saturated heterocycles. The highest BCUT2D eigenvalue weighted by Crippen LogP contribution is 2.26. The van der Waals surface area contributed by atoms with E-state index in [1.165, 1.54) is 48.6 Å². The fourth-order valence-corrected chi connectivity index (χ4v) is 2.24. The highest BCUT2D eigenvalue weighted by molar-refractivity contribution is 6.06. The average Bonchev–Trinajstić information content (AvgIpc) is 3.09. The number of non-ortho nitro benzene ring substituents is 1. The lowest BCUT2D eigenvalue weighted by Crippen LogP contribution is -1.93. The van der Waals surface area contributed by atoms with Crippen molar-refractivity contribution in [1.29, 1.82) is 0 Å². The number of carbonyl (C=O) groups excluding carboxylic acids is 1. The summed E-state index contributed by atoms with van der Waals surface area (Å²) in [6.07, 6.45) is 2.82. The van der Waals surface area contributed by atoms with Crippen LogP contribution < -0.4 is 0 Å². The number of benzene rings is 2. The first-order chi connectivity index (χ1) is 12.0. The lowest BCUT2D eigenvalue weighted by molar-refractivity contribution is -0.384. The van der Waals surface area contributed by atoms with E-state index in [2.05, 4.69) is 0 Å². The third-order valence-electron chi connectivity index (χ3n) is 3.50. The SMILES string of the molecule is O=C(C=Cc1ccc(-c2cccc([N+](=O)[O-])c2)o1)c1ccc(F)cc1. The molecule has 0 N–H and O–H groups in total. The van der Waals surface area contributed by atoms with Gasteiger partial charge in [0, 0.05) is 23.3 Å². The lowest BCUT2D eigenvalue weighted by atomic mass is 10.1. The molecule has 0 spiro atoms. The molecule has 0 radical (unpaired) electrons. The molecule has 0 bridgehead atoms. The zero-order valence-electron chi connectivity index (χ0n) is 12.9. The van der Waals surface area contributed by atoms with Gasteiger partial charge in [-0.2, -0.15) is 0 Å². The van der Waals surface area contributed by atoms with E-state index in [9.17, 15) is 19.3 Å². The Morgan fingerprint density at radius 3 is 2.56 bits per heavy atom. The molecule has 2 aromatic carbocycles. The molecule has 6 heteroatoms. The number of rotatable bonds is 5. The van der Waals surface area contributed by atoms with E-state index in [4.69, 9.17) is 4.42 Å². The summed E-state index contributed by atoms with van der Waals surface area (Å²) in [5.74, 6) is 0.191. The van der Waals surface area contributed by atoms with Crippen LogP contribution in [0.4, 0.5) is 10.1 Å². The summed E-state index contributed by atoms with van der Waals surface area (Å²) in [7, 11) is 0. The number of nitro benzene ring substituents is 1. The molecule has 25 heavy (non-hydrogen) atoms. The van der Waals surface area contributed by atoms with Gasteiger partial charge in [-0.05, 0) is 48.6 Å². The van der Waals surface area contributed by atoms with Crippen LogP contribution in [0.15, 0.2) is 71.2 Å². The van der Waals surface area contributed by atoms with Gasteiger partial charge in [-0.1, -0.05) is 12.1 Å². The molecule has 0 aliphatic carbocycles. The number of halogens is 1. The Morgan fingerprint density at radius 2 is 1.84 bits per heavy atom. The Balaban J connectivity index is 1.77. The van der Waals surface area contributed by atoms with Crippen LogP contribution in [0, 0.1) is 15.9 Å². The number of ketones is 1. The summed E-state index contributed by atoms with van der Waals surface area (Å²) in [6.45, 7) is 0. The Bertz CT molecular complexity index is 958. The van der Waals surface area contributed by atoms with Crippen molar-refractivity contribution in [3.05, 3.63) is 94.0 Å². The number of allylic oxidation sites excluding steroid dienone is 1. The minimum Gasteiger partial charge on any atom is -0.457 e. The van der Waals surface area contributed by atoms with E-state index in [1.54, 1.807) is 24.3 Å². The Labute approximate surface area is 142 Å². The van der Waals surface area contributed by atoms with E-state index >= 15 is 0 Å². The molecule has 0 atom stereocenters. The first-order valence-electron chi connectivity index (χ1n) is 7.35. The number of furan rings is 1. The van der Waals surface area contributed by atoms with Gasteiger partial charge in [0.15, 0.2) is 5.78 Å². The van der Waals surface area contributed by atoms with E-state index in [1.807, 2.05) is 0 Å². The first-order valence-corrected chi connectivity index (χ1v) is 7.35. The number of nitro groups is 1. The molecule has 0 saturated carbocycles. The van der Waals surface area contributed by atoms with Crippen molar-refractivity contribution in [2.24, 2.45) is 0 Å². The summed E-state index contributed by atoms with van der Waals surface area (Å²) in [5, 5.41) is 10.8. The molecule has 0 unspecified atom stereocenters. The fraction of sp³-hybridized carbons (Fsp3) is 0. The van der Waals surface area contributed by atoms with Gasteiger partial charge in [0.2, 0.25) is 0 Å². The van der Waals surface area contributed by atoms with Crippen LogP contribution in [0.25, 0.3) is 17.4 Å². The molecule has 124 valence electrons. The van der Waals surface area contributed by atoms with Gasteiger partial charge >= 0.3 is 0 Å². The second kappa shape index (κ2) is 6.92. The zero-order chi connectivity index (χ0) is 17.8. The standard InChI is InChI=1S/C19H12FNO4/c20-15-6-4-13(5-7-15)18(22)10-8-17-9-11-19(25-17)14-2-1-3-16(12-14)21(23)24/h1-12H. The van der Waals surface area contributed by atoms with Gasteiger partial charge in [-0.3, -0.25) is 14.9 Å². The summed E-state index contributed by atoms with van der Waals surface area (Å²) in [6, 6.07) is 14.6. The van der Waals surface area contributed by atoms with E-state index in [0.29, 0.717) is 22.6 Å². The number of carbonyl (C=O) groups is 1. The van der Waals surface area contributed by atoms with Crippen LogP contribution in [0.1, 0.15) is 16.1 Å². The van der Waals surface area contributed by atoms with Gasteiger partial charge in [0.1, 0.15) is 17.3 Å². The molecular formula is C19H12FNO4. The highest BCUT2D eigenvalue weighted by atomic mass is 19.1. The maximum Gasteiger partial charge on any atom is 0.270 e. The summed E-state index contributed by atoms with van der Waals surface area (Å²) in [4.78, 5) is 22.3. The lowest BCUT2D eigenvalue weighted by Gasteiger charge is -1.97. The second-order valence-electron chi connectivity index (χ2n) is 5.21. The van der Waals surface area contributed by atoms with Gasteiger partial charge in [0.05, 0.1) is 4.92 Å². The number of hydrogen-bond acceptors (Lipinski definition) is 4. The van der Waals surface area contributed by atoms with Crippen LogP contribution in [0.2, 0.25) is 0 Å². The second-order valence-corrected chi connectivity index (χ2v) is 5.21. The van der Waals surface area contributed by atoms with Crippen molar-refractivity contribution in [2.45, 2.75) is 0 Å². The van der Waals surface area contributed by atoms with Crippen LogP contribution >= 0.6 is 0 Å².